The fraction of sp³-hybridized carbons (Fsp3) is 0.0625. The van der Waals surface area contributed by atoms with Gasteiger partial charge in [0.1, 0.15) is 11.5 Å². The first-order valence-electron chi connectivity index (χ1n) is 6.10. The van der Waals surface area contributed by atoms with Gasteiger partial charge in [0.2, 0.25) is 5.78 Å². The third kappa shape index (κ3) is 1.41. The Bertz CT molecular complexity index is 715. The zero-order chi connectivity index (χ0) is 12.8. The number of carbonyl (C=O) groups is 1. The molecule has 0 bridgehead atoms. The highest BCUT2D eigenvalue weighted by Crippen LogP contribution is 2.41. The summed E-state index contributed by atoms with van der Waals surface area (Å²) in [5.41, 5.74) is 2.28. The van der Waals surface area contributed by atoms with E-state index in [0.29, 0.717) is 11.3 Å². The molecule has 3 nitrogen and oxygen atoms in total. The molecule has 1 unspecified atom stereocenters. The molecule has 0 fully saturated rings. The zero-order valence-corrected chi connectivity index (χ0v) is 10.00. The van der Waals surface area contributed by atoms with Gasteiger partial charge in [-0.3, -0.25) is 4.79 Å². The maximum Gasteiger partial charge on any atom is 0.211 e. The first-order valence-corrected chi connectivity index (χ1v) is 6.10. The first kappa shape index (κ1) is 10.4. The third-order valence-corrected chi connectivity index (χ3v) is 3.43. The molecule has 2 aliphatic rings. The highest BCUT2D eigenvalue weighted by molar-refractivity contribution is 6.10. The smallest absolute Gasteiger partial charge is 0.211 e. The number of ketones is 1. The van der Waals surface area contributed by atoms with Crippen LogP contribution in [0.15, 0.2) is 54.8 Å². The molecular weight excluding hydrogens is 240 g/mol. The number of ether oxygens (including phenoxy) is 2. The van der Waals surface area contributed by atoms with Gasteiger partial charge in [-0.15, -0.1) is 0 Å². The van der Waals surface area contributed by atoms with Gasteiger partial charge in [0.15, 0.2) is 6.10 Å². The van der Waals surface area contributed by atoms with E-state index in [1.807, 2.05) is 36.4 Å². The largest absolute Gasteiger partial charge is 0.477 e. The minimum Gasteiger partial charge on any atom is -0.477 e. The van der Waals surface area contributed by atoms with Crippen molar-refractivity contribution in [3.63, 3.8) is 0 Å². The molecule has 0 aromatic heterocycles. The SMILES string of the molecule is O=C1c2ccccc2OC=C2c3ccccc3OC12. The fourth-order valence-electron chi connectivity index (χ4n) is 2.50. The van der Waals surface area contributed by atoms with Crippen molar-refractivity contribution in [1.29, 1.82) is 0 Å². The summed E-state index contributed by atoms with van der Waals surface area (Å²) in [6, 6.07) is 14.8. The number of Topliss-reactive ketones (excluding diaryl/α,β-unsaturated/α-hetero) is 1. The lowest BCUT2D eigenvalue weighted by atomic mass is 9.98. The third-order valence-electron chi connectivity index (χ3n) is 3.43. The van der Waals surface area contributed by atoms with Crippen LogP contribution in [0.4, 0.5) is 0 Å². The number of carbonyl (C=O) groups excluding carboxylic acids is 1. The highest BCUT2D eigenvalue weighted by Gasteiger charge is 2.37. The van der Waals surface area contributed by atoms with Gasteiger partial charge in [-0.1, -0.05) is 30.3 Å². The van der Waals surface area contributed by atoms with Crippen LogP contribution in [0, 0.1) is 0 Å². The first-order chi connectivity index (χ1) is 9.34. The molecule has 1 atom stereocenters. The van der Waals surface area contributed by atoms with Crippen molar-refractivity contribution in [2.75, 3.05) is 0 Å². The molecule has 0 saturated heterocycles. The Morgan fingerprint density at radius 1 is 0.842 bits per heavy atom. The van der Waals surface area contributed by atoms with Gasteiger partial charge in [-0.2, -0.15) is 0 Å². The number of fused-ring (bicyclic) bond motifs is 4. The Hall–Kier alpha value is -2.55. The van der Waals surface area contributed by atoms with Crippen LogP contribution in [0.3, 0.4) is 0 Å². The van der Waals surface area contributed by atoms with Gasteiger partial charge < -0.3 is 9.47 Å². The molecular formula is C16H10O3. The Labute approximate surface area is 110 Å². The fourth-order valence-corrected chi connectivity index (χ4v) is 2.50. The van der Waals surface area contributed by atoms with Crippen molar-refractivity contribution in [3.05, 3.63) is 65.9 Å². The predicted molar refractivity (Wildman–Crippen MR) is 70.2 cm³/mol. The summed E-state index contributed by atoms with van der Waals surface area (Å²) >= 11 is 0. The van der Waals surface area contributed by atoms with Crippen LogP contribution in [0.1, 0.15) is 15.9 Å². The summed E-state index contributed by atoms with van der Waals surface area (Å²) in [6.45, 7) is 0. The lowest BCUT2D eigenvalue weighted by Crippen LogP contribution is -2.23. The van der Waals surface area contributed by atoms with E-state index in [4.69, 9.17) is 9.47 Å². The van der Waals surface area contributed by atoms with Crippen LogP contribution in [0.2, 0.25) is 0 Å². The van der Waals surface area contributed by atoms with Gasteiger partial charge in [-0.05, 0) is 18.2 Å². The topological polar surface area (TPSA) is 35.5 Å². The standard InChI is InChI=1S/C16H10O3/c17-15-11-6-2-3-7-13(11)18-9-12-10-5-1-4-8-14(10)19-16(12)15/h1-9,16H. The molecule has 19 heavy (non-hydrogen) atoms. The maximum absolute atomic E-state index is 12.5. The summed E-state index contributed by atoms with van der Waals surface area (Å²) < 4.78 is 11.4. The summed E-state index contributed by atoms with van der Waals surface area (Å²) in [5.74, 6) is 1.25. The number of hydrogen-bond acceptors (Lipinski definition) is 3. The van der Waals surface area contributed by atoms with Crippen molar-refractivity contribution in [3.8, 4) is 11.5 Å². The molecule has 0 spiro atoms. The molecule has 2 aromatic carbocycles. The lowest BCUT2D eigenvalue weighted by molar-refractivity contribution is 0.0875. The van der Waals surface area contributed by atoms with Gasteiger partial charge in [-0.25, -0.2) is 0 Å². The van der Waals surface area contributed by atoms with E-state index in [1.54, 1.807) is 18.4 Å². The minimum absolute atomic E-state index is 0.0597. The van der Waals surface area contributed by atoms with Crippen LogP contribution >= 0.6 is 0 Å². The number of para-hydroxylation sites is 2. The molecule has 3 heteroatoms. The predicted octanol–water partition coefficient (Wildman–Crippen LogP) is 3.06. The zero-order valence-electron chi connectivity index (χ0n) is 10.00. The second kappa shape index (κ2) is 3.72. The normalized spacial score (nSPS) is 19.3. The molecule has 0 saturated carbocycles. The molecule has 0 aliphatic carbocycles. The molecule has 2 heterocycles. The van der Waals surface area contributed by atoms with E-state index >= 15 is 0 Å². The molecule has 0 N–H and O–H groups in total. The van der Waals surface area contributed by atoms with E-state index in [9.17, 15) is 4.79 Å². The van der Waals surface area contributed by atoms with E-state index in [-0.39, 0.29) is 5.78 Å². The Balaban J connectivity index is 1.89. The van der Waals surface area contributed by atoms with Crippen molar-refractivity contribution in [1.82, 2.24) is 0 Å². The van der Waals surface area contributed by atoms with Gasteiger partial charge in [0, 0.05) is 11.1 Å². The Morgan fingerprint density at radius 3 is 2.37 bits per heavy atom. The van der Waals surface area contributed by atoms with Gasteiger partial charge in [0.05, 0.1) is 11.8 Å². The lowest BCUT2D eigenvalue weighted by Gasteiger charge is -2.09. The minimum atomic E-state index is -0.596. The van der Waals surface area contributed by atoms with Crippen molar-refractivity contribution in [2.45, 2.75) is 6.10 Å². The van der Waals surface area contributed by atoms with Gasteiger partial charge in [0.25, 0.3) is 0 Å². The molecule has 92 valence electrons. The maximum atomic E-state index is 12.5. The van der Waals surface area contributed by atoms with Crippen LogP contribution in [-0.4, -0.2) is 11.9 Å². The van der Waals surface area contributed by atoms with Crippen LogP contribution in [-0.2, 0) is 0 Å². The van der Waals surface area contributed by atoms with Crippen LogP contribution in [0.5, 0.6) is 11.5 Å². The highest BCUT2D eigenvalue weighted by atomic mass is 16.5. The molecule has 0 amide bonds. The molecule has 4 rings (SSSR count). The van der Waals surface area contributed by atoms with Crippen molar-refractivity contribution in [2.24, 2.45) is 0 Å². The Morgan fingerprint density at radius 2 is 1.53 bits per heavy atom. The second-order valence-corrected chi connectivity index (χ2v) is 4.55. The van der Waals surface area contributed by atoms with E-state index < -0.39 is 6.10 Å². The van der Waals surface area contributed by atoms with Crippen LogP contribution < -0.4 is 9.47 Å². The summed E-state index contributed by atoms with van der Waals surface area (Å²) in [6.07, 6.45) is 1.03. The molecule has 0 radical (unpaired) electrons. The average Bonchev–Trinajstić information content (AvgIpc) is 2.77. The number of rotatable bonds is 0. The Kier molecular flexibility index (Phi) is 2.03. The monoisotopic (exact) mass is 250 g/mol. The van der Waals surface area contributed by atoms with Crippen LogP contribution in [0.25, 0.3) is 5.57 Å². The van der Waals surface area contributed by atoms with E-state index in [2.05, 4.69) is 0 Å². The number of benzene rings is 2. The quantitative estimate of drug-likeness (QED) is 0.720. The molecule has 2 aromatic rings. The average molecular weight is 250 g/mol. The summed E-state index contributed by atoms with van der Waals surface area (Å²) in [5, 5.41) is 0. The van der Waals surface area contributed by atoms with Gasteiger partial charge >= 0.3 is 0 Å². The van der Waals surface area contributed by atoms with Crippen molar-refractivity contribution < 1.29 is 14.3 Å². The van der Waals surface area contributed by atoms with Crippen molar-refractivity contribution >= 4 is 11.4 Å². The molecule has 2 aliphatic heterocycles. The second-order valence-electron chi connectivity index (χ2n) is 4.55. The summed E-state index contributed by atoms with van der Waals surface area (Å²) in [7, 11) is 0. The number of hydrogen-bond donors (Lipinski definition) is 0. The van der Waals surface area contributed by atoms with E-state index in [0.717, 1.165) is 16.9 Å². The van der Waals surface area contributed by atoms with E-state index in [1.165, 1.54) is 0 Å². The summed E-state index contributed by atoms with van der Waals surface area (Å²) in [4.78, 5) is 12.5.